The molecule has 4 aliphatic carbocycles. The Labute approximate surface area is 144 Å². The summed E-state index contributed by atoms with van der Waals surface area (Å²) in [5, 5.41) is 0. The van der Waals surface area contributed by atoms with Gasteiger partial charge in [0.15, 0.2) is 5.78 Å². The number of Topliss-reactive ketones (excluding diaryl/α,β-unsaturated/α-hetero) is 1. The Morgan fingerprint density at radius 1 is 1.21 bits per heavy atom. The molecule has 0 N–H and O–H groups in total. The van der Waals surface area contributed by atoms with E-state index in [0.29, 0.717) is 36.1 Å². The summed E-state index contributed by atoms with van der Waals surface area (Å²) in [4.78, 5) is 24.5. The van der Waals surface area contributed by atoms with E-state index < -0.39 is 0 Å². The second-order valence-corrected chi connectivity index (χ2v) is 8.80. The Morgan fingerprint density at radius 3 is 2.75 bits per heavy atom. The molecule has 24 heavy (non-hydrogen) atoms. The SMILES string of the molecule is COC[C@@H]1C[C@@H]2[C@H](CC[C@]3(C)C(=O)CC[C@@H]23)[C@@]2(C)C=CC(=O)C=C12. The summed E-state index contributed by atoms with van der Waals surface area (Å²) in [6.07, 6.45) is 10.8. The Kier molecular flexibility index (Phi) is 3.65. The summed E-state index contributed by atoms with van der Waals surface area (Å²) < 4.78 is 5.50. The number of ether oxygens (including phenoxy) is 1. The summed E-state index contributed by atoms with van der Waals surface area (Å²) in [7, 11) is 1.74. The lowest BCUT2D eigenvalue weighted by molar-refractivity contribution is -0.132. The monoisotopic (exact) mass is 328 g/mol. The van der Waals surface area contributed by atoms with Gasteiger partial charge < -0.3 is 4.74 Å². The van der Waals surface area contributed by atoms with Gasteiger partial charge in [-0.1, -0.05) is 25.5 Å². The van der Waals surface area contributed by atoms with Crippen molar-refractivity contribution in [3.63, 3.8) is 0 Å². The van der Waals surface area contributed by atoms with Crippen LogP contribution in [0.1, 0.15) is 46.0 Å². The fourth-order valence-corrected chi connectivity index (χ4v) is 6.55. The van der Waals surface area contributed by atoms with E-state index in [2.05, 4.69) is 19.9 Å². The minimum absolute atomic E-state index is 0.0486. The van der Waals surface area contributed by atoms with Gasteiger partial charge in [0.1, 0.15) is 5.78 Å². The highest BCUT2D eigenvalue weighted by atomic mass is 16.5. The number of hydrogen-bond donors (Lipinski definition) is 0. The van der Waals surface area contributed by atoms with Crippen LogP contribution < -0.4 is 0 Å². The summed E-state index contributed by atoms with van der Waals surface area (Å²) in [5.41, 5.74) is 1.11. The molecule has 3 saturated carbocycles. The molecular formula is C21H28O3. The van der Waals surface area contributed by atoms with Crippen molar-refractivity contribution in [3.8, 4) is 0 Å². The molecule has 0 aromatic heterocycles. The van der Waals surface area contributed by atoms with Crippen molar-refractivity contribution in [1.29, 1.82) is 0 Å². The van der Waals surface area contributed by atoms with Gasteiger partial charge in [0.05, 0.1) is 6.61 Å². The summed E-state index contributed by atoms with van der Waals surface area (Å²) in [6, 6.07) is 0. The van der Waals surface area contributed by atoms with Crippen LogP contribution in [0.3, 0.4) is 0 Å². The topological polar surface area (TPSA) is 43.4 Å². The van der Waals surface area contributed by atoms with E-state index in [4.69, 9.17) is 4.74 Å². The minimum atomic E-state index is -0.107. The molecule has 4 aliphatic rings. The van der Waals surface area contributed by atoms with Crippen molar-refractivity contribution in [3.05, 3.63) is 23.8 Å². The standard InChI is InChI=1S/C21H28O3/c1-20-8-6-14(22)11-18(20)13(12-24-3)10-15-16-4-5-19(23)21(16,2)9-7-17(15)20/h6,8,11,13,15-17H,4-5,7,9-10,12H2,1-3H3/t13-,15-,16-,17-,20+,21-/m0/s1. The lowest BCUT2D eigenvalue weighted by Gasteiger charge is -2.57. The zero-order valence-corrected chi connectivity index (χ0v) is 15.0. The maximum absolute atomic E-state index is 12.5. The molecule has 0 aliphatic heterocycles. The van der Waals surface area contributed by atoms with Gasteiger partial charge in [0.2, 0.25) is 0 Å². The molecule has 0 unspecified atom stereocenters. The summed E-state index contributed by atoms with van der Waals surface area (Å²) >= 11 is 0. The van der Waals surface area contributed by atoms with Gasteiger partial charge >= 0.3 is 0 Å². The van der Waals surface area contributed by atoms with E-state index in [1.54, 1.807) is 13.2 Å². The van der Waals surface area contributed by atoms with Crippen LogP contribution in [0.15, 0.2) is 23.8 Å². The number of carbonyl (C=O) groups excluding carboxylic acids is 2. The number of ketones is 2. The Bertz CT molecular complexity index is 645. The molecule has 0 aromatic carbocycles. The van der Waals surface area contributed by atoms with Gasteiger partial charge in [-0.15, -0.1) is 0 Å². The predicted molar refractivity (Wildman–Crippen MR) is 92.4 cm³/mol. The van der Waals surface area contributed by atoms with Crippen molar-refractivity contribution in [2.24, 2.45) is 34.5 Å². The van der Waals surface area contributed by atoms with E-state index in [0.717, 1.165) is 32.1 Å². The van der Waals surface area contributed by atoms with E-state index >= 15 is 0 Å². The molecule has 0 radical (unpaired) electrons. The maximum atomic E-state index is 12.5. The number of methoxy groups -OCH3 is 1. The number of fused-ring (bicyclic) bond motifs is 5. The van der Waals surface area contributed by atoms with E-state index in [1.807, 2.05) is 6.08 Å². The number of hydrogen-bond acceptors (Lipinski definition) is 3. The normalized spacial score (nSPS) is 47.0. The van der Waals surface area contributed by atoms with Gasteiger partial charge in [-0.3, -0.25) is 9.59 Å². The van der Waals surface area contributed by atoms with Crippen LogP contribution in [0, 0.1) is 34.5 Å². The Balaban J connectivity index is 1.75. The third-order valence-corrected chi connectivity index (χ3v) is 7.79. The van der Waals surface area contributed by atoms with Crippen LogP contribution in [0.2, 0.25) is 0 Å². The minimum Gasteiger partial charge on any atom is -0.384 e. The maximum Gasteiger partial charge on any atom is 0.178 e. The van der Waals surface area contributed by atoms with E-state index in [1.165, 1.54) is 5.57 Å². The number of allylic oxidation sites excluding steroid dienone is 3. The van der Waals surface area contributed by atoms with E-state index in [-0.39, 0.29) is 16.6 Å². The summed E-state index contributed by atoms with van der Waals surface area (Å²) in [6.45, 7) is 5.19. The first-order valence-corrected chi connectivity index (χ1v) is 9.37. The van der Waals surface area contributed by atoms with Crippen LogP contribution in [-0.4, -0.2) is 25.3 Å². The van der Waals surface area contributed by atoms with Crippen molar-refractivity contribution >= 4 is 11.6 Å². The largest absolute Gasteiger partial charge is 0.384 e. The smallest absolute Gasteiger partial charge is 0.178 e. The van der Waals surface area contributed by atoms with Crippen LogP contribution in [0.4, 0.5) is 0 Å². The number of carbonyl (C=O) groups is 2. The molecule has 3 fully saturated rings. The third-order valence-electron chi connectivity index (χ3n) is 7.79. The number of rotatable bonds is 2. The fraction of sp³-hybridized carbons (Fsp3) is 0.714. The molecule has 6 atom stereocenters. The highest BCUT2D eigenvalue weighted by Crippen LogP contribution is 2.64. The molecule has 4 rings (SSSR count). The first-order valence-electron chi connectivity index (χ1n) is 9.37. The van der Waals surface area contributed by atoms with Gasteiger partial charge in [0.25, 0.3) is 0 Å². The quantitative estimate of drug-likeness (QED) is 0.775. The zero-order chi connectivity index (χ0) is 17.1. The third kappa shape index (κ3) is 2.06. The van der Waals surface area contributed by atoms with Gasteiger partial charge in [-0.05, 0) is 55.6 Å². The molecule has 0 saturated heterocycles. The molecule has 0 spiro atoms. The van der Waals surface area contributed by atoms with Gasteiger partial charge in [-0.25, -0.2) is 0 Å². The molecule has 0 amide bonds. The molecule has 130 valence electrons. The Hall–Kier alpha value is -1.22. The summed E-state index contributed by atoms with van der Waals surface area (Å²) in [5.74, 6) is 2.51. The predicted octanol–water partition coefficient (Wildman–Crippen LogP) is 3.74. The second kappa shape index (κ2) is 5.39. The fourth-order valence-electron chi connectivity index (χ4n) is 6.55. The molecular weight excluding hydrogens is 300 g/mol. The van der Waals surface area contributed by atoms with Crippen molar-refractivity contribution in [2.75, 3.05) is 13.7 Å². The highest BCUT2D eigenvalue weighted by Gasteiger charge is 2.59. The lowest BCUT2D eigenvalue weighted by atomic mass is 9.46. The van der Waals surface area contributed by atoms with Crippen molar-refractivity contribution in [1.82, 2.24) is 0 Å². The second-order valence-electron chi connectivity index (χ2n) is 8.80. The molecule has 0 bridgehead atoms. The average molecular weight is 328 g/mol. The Morgan fingerprint density at radius 2 is 2.00 bits per heavy atom. The first-order chi connectivity index (χ1) is 11.4. The molecule has 3 nitrogen and oxygen atoms in total. The lowest BCUT2D eigenvalue weighted by Crippen LogP contribution is -2.52. The molecule has 3 heteroatoms. The zero-order valence-electron chi connectivity index (χ0n) is 15.0. The van der Waals surface area contributed by atoms with Crippen LogP contribution in [0.5, 0.6) is 0 Å². The van der Waals surface area contributed by atoms with Crippen LogP contribution >= 0.6 is 0 Å². The molecule has 0 heterocycles. The van der Waals surface area contributed by atoms with Crippen LogP contribution in [-0.2, 0) is 14.3 Å². The van der Waals surface area contributed by atoms with Crippen molar-refractivity contribution < 1.29 is 14.3 Å². The highest BCUT2D eigenvalue weighted by molar-refractivity contribution is 6.01. The first kappa shape index (κ1) is 16.3. The van der Waals surface area contributed by atoms with Crippen LogP contribution in [0.25, 0.3) is 0 Å². The van der Waals surface area contributed by atoms with Crippen molar-refractivity contribution in [2.45, 2.75) is 46.0 Å². The van der Waals surface area contributed by atoms with E-state index in [9.17, 15) is 9.59 Å². The average Bonchev–Trinajstić information content (AvgIpc) is 2.85. The van der Waals surface area contributed by atoms with Gasteiger partial charge in [0, 0.05) is 30.3 Å². The van der Waals surface area contributed by atoms with Gasteiger partial charge in [-0.2, -0.15) is 0 Å². The molecule has 0 aromatic rings.